The van der Waals surface area contributed by atoms with Crippen LogP contribution in [0.2, 0.25) is 0 Å². The van der Waals surface area contributed by atoms with E-state index in [1.54, 1.807) is 14.1 Å². The van der Waals surface area contributed by atoms with Crippen LogP contribution >= 0.6 is 0 Å². The van der Waals surface area contributed by atoms with E-state index >= 15 is 0 Å². The average molecular weight is 259 g/mol. The number of aliphatic carboxylic acids is 1. The van der Waals surface area contributed by atoms with E-state index in [2.05, 4.69) is 6.92 Å². The van der Waals surface area contributed by atoms with Gasteiger partial charge in [-0.3, -0.25) is 9.59 Å². The standard InChI is InChI=1S/C10H20O2.C4H9NO/c1-2-3-4-5-6-7-8-9-10(11)12;1-4(6)5(2)3/h2-9H2,1H3,(H,11,12);1-3H3. The Morgan fingerprint density at radius 2 is 1.33 bits per heavy atom. The number of carbonyl (C=O) groups is 2. The van der Waals surface area contributed by atoms with Gasteiger partial charge < -0.3 is 10.0 Å². The lowest BCUT2D eigenvalue weighted by atomic mass is 10.1. The van der Waals surface area contributed by atoms with Gasteiger partial charge in [-0.15, -0.1) is 0 Å². The number of carboxylic acids is 1. The van der Waals surface area contributed by atoms with Crippen LogP contribution in [0.15, 0.2) is 0 Å². The molecule has 0 aliphatic carbocycles. The largest absolute Gasteiger partial charge is 0.481 e. The molecule has 0 bridgehead atoms. The minimum atomic E-state index is -0.663. The maximum Gasteiger partial charge on any atom is 0.303 e. The van der Waals surface area contributed by atoms with Crippen molar-refractivity contribution in [3.63, 3.8) is 0 Å². The summed E-state index contributed by atoms with van der Waals surface area (Å²) in [6, 6.07) is 0. The zero-order valence-electron chi connectivity index (χ0n) is 12.4. The van der Waals surface area contributed by atoms with Crippen LogP contribution in [-0.2, 0) is 9.59 Å². The number of amides is 1. The molecule has 0 rings (SSSR count). The summed E-state index contributed by atoms with van der Waals surface area (Å²) in [5, 5.41) is 8.35. The maximum absolute atomic E-state index is 10.1. The summed E-state index contributed by atoms with van der Waals surface area (Å²) in [4.78, 5) is 21.7. The van der Waals surface area contributed by atoms with Gasteiger partial charge in [0.25, 0.3) is 0 Å². The van der Waals surface area contributed by atoms with Crippen molar-refractivity contribution in [2.24, 2.45) is 0 Å². The molecule has 18 heavy (non-hydrogen) atoms. The predicted molar refractivity (Wildman–Crippen MR) is 74.6 cm³/mol. The van der Waals surface area contributed by atoms with E-state index in [4.69, 9.17) is 5.11 Å². The molecule has 0 saturated carbocycles. The highest BCUT2D eigenvalue weighted by molar-refractivity contribution is 5.72. The predicted octanol–water partition coefficient (Wildman–Crippen LogP) is 3.31. The van der Waals surface area contributed by atoms with Gasteiger partial charge in [-0.1, -0.05) is 45.4 Å². The summed E-state index contributed by atoms with van der Waals surface area (Å²) < 4.78 is 0. The molecular formula is C14H29NO3. The quantitative estimate of drug-likeness (QED) is 0.680. The molecule has 0 unspecified atom stereocenters. The smallest absolute Gasteiger partial charge is 0.303 e. The number of carbonyl (C=O) groups excluding carboxylic acids is 1. The fourth-order valence-electron chi connectivity index (χ4n) is 1.23. The topological polar surface area (TPSA) is 57.6 Å². The van der Waals surface area contributed by atoms with E-state index in [9.17, 15) is 9.59 Å². The van der Waals surface area contributed by atoms with Crippen LogP contribution in [0.3, 0.4) is 0 Å². The molecule has 0 spiro atoms. The van der Waals surface area contributed by atoms with Crippen molar-refractivity contribution in [3.05, 3.63) is 0 Å². The monoisotopic (exact) mass is 259 g/mol. The average Bonchev–Trinajstić information content (AvgIpc) is 2.28. The molecule has 0 aliphatic rings. The van der Waals surface area contributed by atoms with Crippen molar-refractivity contribution >= 4 is 11.9 Å². The van der Waals surface area contributed by atoms with Gasteiger partial charge in [0.1, 0.15) is 0 Å². The van der Waals surface area contributed by atoms with Gasteiger partial charge in [0.15, 0.2) is 0 Å². The molecule has 0 fully saturated rings. The summed E-state index contributed by atoms with van der Waals surface area (Å²) >= 11 is 0. The minimum absolute atomic E-state index is 0.0926. The van der Waals surface area contributed by atoms with Crippen molar-refractivity contribution in [1.29, 1.82) is 0 Å². The molecule has 0 saturated heterocycles. The summed E-state index contributed by atoms with van der Waals surface area (Å²) in [7, 11) is 3.45. The molecule has 108 valence electrons. The van der Waals surface area contributed by atoms with E-state index in [0.29, 0.717) is 6.42 Å². The minimum Gasteiger partial charge on any atom is -0.481 e. The molecule has 1 amide bonds. The summed E-state index contributed by atoms with van der Waals surface area (Å²) in [5.74, 6) is -0.571. The maximum atomic E-state index is 10.1. The van der Waals surface area contributed by atoms with Crippen molar-refractivity contribution in [3.8, 4) is 0 Å². The molecule has 4 nitrogen and oxygen atoms in total. The molecule has 0 aromatic carbocycles. The first kappa shape index (κ1) is 19.3. The third-order valence-corrected chi connectivity index (χ3v) is 2.62. The number of nitrogens with zero attached hydrogens (tertiary/aromatic N) is 1. The Balaban J connectivity index is 0. The van der Waals surface area contributed by atoms with Gasteiger partial charge in [-0.2, -0.15) is 0 Å². The van der Waals surface area contributed by atoms with Gasteiger partial charge in [0.2, 0.25) is 5.91 Å². The van der Waals surface area contributed by atoms with E-state index in [-0.39, 0.29) is 5.91 Å². The van der Waals surface area contributed by atoms with Crippen LogP contribution < -0.4 is 0 Å². The summed E-state index contributed by atoms with van der Waals surface area (Å²) in [6.45, 7) is 3.73. The van der Waals surface area contributed by atoms with Gasteiger partial charge in [0, 0.05) is 27.4 Å². The molecule has 0 atom stereocenters. The number of hydrogen-bond acceptors (Lipinski definition) is 2. The zero-order valence-corrected chi connectivity index (χ0v) is 12.4. The normalized spacial score (nSPS) is 9.33. The van der Waals surface area contributed by atoms with Crippen molar-refractivity contribution in [1.82, 2.24) is 4.90 Å². The number of unbranched alkanes of at least 4 members (excludes halogenated alkanes) is 6. The molecular weight excluding hydrogens is 230 g/mol. The van der Waals surface area contributed by atoms with E-state index in [1.807, 2.05) is 0 Å². The molecule has 1 N–H and O–H groups in total. The van der Waals surface area contributed by atoms with Gasteiger partial charge in [-0.05, 0) is 6.42 Å². The van der Waals surface area contributed by atoms with E-state index in [0.717, 1.165) is 12.8 Å². The van der Waals surface area contributed by atoms with Crippen molar-refractivity contribution in [2.75, 3.05) is 14.1 Å². The Kier molecular flexibility index (Phi) is 15.0. The van der Waals surface area contributed by atoms with E-state index < -0.39 is 5.97 Å². The number of carboxylic acid groups (broad SMARTS) is 1. The van der Waals surface area contributed by atoms with Crippen LogP contribution in [-0.4, -0.2) is 36.0 Å². The SMILES string of the molecule is CC(=O)N(C)C.CCCCCCCCCC(=O)O. The molecule has 4 heteroatoms. The van der Waals surface area contributed by atoms with Crippen LogP contribution in [0.1, 0.15) is 65.2 Å². The van der Waals surface area contributed by atoms with Gasteiger partial charge >= 0.3 is 5.97 Å². The van der Waals surface area contributed by atoms with Gasteiger partial charge in [-0.25, -0.2) is 0 Å². The zero-order chi connectivity index (χ0) is 14.4. The second kappa shape index (κ2) is 14.0. The Bertz CT molecular complexity index is 215. The molecule has 0 aliphatic heterocycles. The fraction of sp³-hybridized carbons (Fsp3) is 0.857. The van der Waals surface area contributed by atoms with E-state index in [1.165, 1.54) is 43.9 Å². The second-order valence-electron chi connectivity index (χ2n) is 4.68. The van der Waals surface area contributed by atoms with Crippen molar-refractivity contribution < 1.29 is 14.7 Å². The summed E-state index contributed by atoms with van der Waals surface area (Å²) in [5.41, 5.74) is 0. The second-order valence-corrected chi connectivity index (χ2v) is 4.68. The highest BCUT2D eigenvalue weighted by atomic mass is 16.4. The highest BCUT2D eigenvalue weighted by Gasteiger charge is 1.95. The molecule has 0 aromatic heterocycles. The first-order chi connectivity index (χ1) is 8.41. The Hall–Kier alpha value is -1.06. The van der Waals surface area contributed by atoms with Crippen LogP contribution in [0.4, 0.5) is 0 Å². The number of rotatable bonds is 8. The lowest BCUT2D eigenvalue weighted by Gasteiger charge is -2.02. The fourth-order valence-corrected chi connectivity index (χ4v) is 1.23. The first-order valence-electron chi connectivity index (χ1n) is 6.81. The van der Waals surface area contributed by atoms with Crippen molar-refractivity contribution in [2.45, 2.75) is 65.2 Å². The Morgan fingerprint density at radius 1 is 0.944 bits per heavy atom. The summed E-state index contributed by atoms with van der Waals surface area (Å²) in [6.07, 6.45) is 8.64. The lowest BCUT2D eigenvalue weighted by Crippen LogP contribution is -2.17. The Morgan fingerprint density at radius 3 is 1.67 bits per heavy atom. The molecule has 0 aromatic rings. The highest BCUT2D eigenvalue weighted by Crippen LogP contribution is 2.07. The third kappa shape index (κ3) is 20.4. The van der Waals surface area contributed by atoms with Crippen LogP contribution in [0.25, 0.3) is 0 Å². The van der Waals surface area contributed by atoms with Gasteiger partial charge in [0.05, 0.1) is 0 Å². The Labute approximate surface area is 111 Å². The number of hydrogen-bond donors (Lipinski definition) is 1. The van der Waals surface area contributed by atoms with Crippen LogP contribution in [0, 0.1) is 0 Å². The molecule has 0 heterocycles. The van der Waals surface area contributed by atoms with Crippen LogP contribution in [0.5, 0.6) is 0 Å². The molecule has 0 radical (unpaired) electrons. The lowest BCUT2D eigenvalue weighted by molar-refractivity contribution is -0.137. The third-order valence-electron chi connectivity index (χ3n) is 2.62. The first-order valence-corrected chi connectivity index (χ1v) is 6.81.